The van der Waals surface area contributed by atoms with E-state index in [4.69, 9.17) is 19.4 Å². The van der Waals surface area contributed by atoms with Crippen molar-refractivity contribution in [3.8, 4) is 22.8 Å². The third-order valence-electron chi connectivity index (χ3n) is 8.32. The molecule has 190 valence electrons. The number of aromatic nitrogens is 3. The first-order valence-electron chi connectivity index (χ1n) is 13.7. The summed E-state index contributed by atoms with van der Waals surface area (Å²) in [5, 5.41) is 2.77. The van der Waals surface area contributed by atoms with Crippen LogP contribution >= 0.6 is 11.8 Å². The lowest BCUT2D eigenvalue weighted by Crippen LogP contribution is -2.23. The molecule has 39 heavy (non-hydrogen) atoms. The van der Waals surface area contributed by atoms with Crippen molar-refractivity contribution in [2.75, 3.05) is 0 Å². The van der Waals surface area contributed by atoms with Gasteiger partial charge in [-0.25, -0.2) is 15.0 Å². The third-order valence-corrected chi connectivity index (χ3v) is 9.75. The minimum Gasteiger partial charge on any atom is -0.456 e. The summed E-state index contributed by atoms with van der Waals surface area (Å²) in [5.74, 6) is 3.34. The molecule has 8 rings (SSSR count). The molecular weight excluding hydrogens is 498 g/mol. The maximum atomic E-state index is 6.07. The van der Waals surface area contributed by atoms with Gasteiger partial charge in [0, 0.05) is 38.0 Å². The molecular formula is C34H27N3OS. The van der Waals surface area contributed by atoms with Crippen molar-refractivity contribution in [3.05, 3.63) is 108 Å². The molecule has 0 saturated heterocycles. The van der Waals surface area contributed by atoms with Gasteiger partial charge in [-0.3, -0.25) is 0 Å². The Morgan fingerprint density at radius 3 is 2.41 bits per heavy atom. The number of aryl methyl sites for hydroxylation is 1. The van der Waals surface area contributed by atoms with Crippen molar-refractivity contribution in [3.63, 3.8) is 0 Å². The van der Waals surface area contributed by atoms with Crippen LogP contribution in [0.3, 0.4) is 0 Å². The number of para-hydroxylation sites is 1. The molecule has 4 nitrogen and oxygen atoms in total. The van der Waals surface area contributed by atoms with Crippen molar-refractivity contribution in [1.82, 2.24) is 15.0 Å². The molecule has 2 aliphatic rings. The van der Waals surface area contributed by atoms with E-state index < -0.39 is 0 Å². The Morgan fingerprint density at radius 2 is 1.51 bits per heavy atom. The summed E-state index contributed by atoms with van der Waals surface area (Å²) in [6.45, 7) is 2.19. The Morgan fingerprint density at radius 1 is 0.718 bits per heavy atom. The van der Waals surface area contributed by atoms with Gasteiger partial charge in [-0.2, -0.15) is 0 Å². The number of nitrogens with zero attached hydrogens (tertiary/aromatic N) is 3. The maximum absolute atomic E-state index is 6.07. The van der Waals surface area contributed by atoms with E-state index >= 15 is 0 Å². The van der Waals surface area contributed by atoms with Gasteiger partial charge in [0.25, 0.3) is 0 Å². The average molecular weight is 526 g/mol. The molecule has 0 amide bonds. The summed E-state index contributed by atoms with van der Waals surface area (Å²) in [6.07, 6.45) is 3.36. The summed E-state index contributed by atoms with van der Waals surface area (Å²) in [5.41, 5.74) is 6.66. The molecule has 0 N–H and O–H groups in total. The zero-order valence-corrected chi connectivity index (χ0v) is 22.5. The Hall–Kier alpha value is -3.96. The smallest absolute Gasteiger partial charge is 0.163 e. The van der Waals surface area contributed by atoms with E-state index in [1.165, 1.54) is 22.4 Å². The summed E-state index contributed by atoms with van der Waals surface area (Å²) in [7, 11) is 0. The molecule has 2 aromatic heterocycles. The molecule has 0 spiro atoms. The second kappa shape index (κ2) is 9.06. The van der Waals surface area contributed by atoms with Gasteiger partial charge in [0.2, 0.25) is 0 Å². The van der Waals surface area contributed by atoms with Crippen LogP contribution in [-0.2, 0) is 0 Å². The summed E-state index contributed by atoms with van der Waals surface area (Å²) in [6, 6.07) is 31.7. The van der Waals surface area contributed by atoms with Crippen LogP contribution in [0.25, 0.3) is 44.7 Å². The highest BCUT2D eigenvalue weighted by atomic mass is 32.2. The van der Waals surface area contributed by atoms with Crippen LogP contribution in [0.4, 0.5) is 0 Å². The summed E-state index contributed by atoms with van der Waals surface area (Å²) >= 11 is 2.06. The van der Waals surface area contributed by atoms with Crippen molar-refractivity contribution < 1.29 is 4.42 Å². The fourth-order valence-electron chi connectivity index (χ4n) is 6.35. The van der Waals surface area contributed by atoms with Crippen LogP contribution in [0, 0.1) is 6.92 Å². The predicted octanol–water partition coefficient (Wildman–Crippen LogP) is 8.94. The molecule has 6 aromatic rings. The van der Waals surface area contributed by atoms with E-state index in [1.807, 2.05) is 36.4 Å². The van der Waals surface area contributed by atoms with Crippen LogP contribution in [0.5, 0.6) is 0 Å². The lowest BCUT2D eigenvalue weighted by atomic mass is 9.78. The Bertz CT molecular complexity index is 1860. The Kier molecular flexibility index (Phi) is 5.34. The lowest BCUT2D eigenvalue weighted by Gasteiger charge is -2.31. The van der Waals surface area contributed by atoms with Crippen LogP contribution in [0.15, 0.2) is 100 Å². The molecule has 3 heterocycles. The van der Waals surface area contributed by atoms with Gasteiger partial charge in [0.05, 0.1) is 0 Å². The molecule has 1 saturated carbocycles. The molecule has 4 aromatic carbocycles. The van der Waals surface area contributed by atoms with Gasteiger partial charge in [-0.15, -0.1) is 11.8 Å². The number of furan rings is 1. The molecule has 1 aliphatic heterocycles. The Labute approximate surface area is 231 Å². The molecule has 5 heteroatoms. The Balaban J connectivity index is 1.21. The zero-order valence-electron chi connectivity index (χ0n) is 21.7. The topological polar surface area (TPSA) is 51.8 Å². The van der Waals surface area contributed by atoms with Crippen molar-refractivity contribution >= 4 is 33.7 Å². The molecule has 3 atom stereocenters. The van der Waals surface area contributed by atoms with E-state index in [-0.39, 0.29) is 0 Å². The minimum absolute atomic E-state index is 0.317. The monoisotopic (exact) mass is 525 g/mol. The summed E-state index contributed by atoms with van der Waals surface area (Å²) < 4.78 is 6.07. The van der Waals surface area contributed by atoms with E-state index in [9.17, 15) is 0 Å². The van der Waals surface area contributed by atoms with E-state index in [1.54, 1.807) is 0 Å². The van der Waals surface area contributed by atoms with E-state index in [2.05, 4.69) is 73.3 Å². The normalized spacial score (nSPS) is 20.3. The second-order valence-corrected chi connectivity index (χ2v) is 12.1. The molecule has 3 unspecified atom stereocenters. The second-order valence-electron chi connectivity index (χ2n) is 10.8. The van der Waals surface area contributed by atoms with Gasteiger partial charge in [-0.05, 0) is 68.0 Å². The number of fused-ring (bicyclic) bond motifs is 6. The standard InChI is InChI=1S/C34H27N3OS/c1-20-11-14-25-26-15-12-23(19-31(26)39-30(25)17-20)34-36-32(21-7-3-2-4-8-21)35-33(37-34)22-13-16-29-27(18-22)24-9-5-6-10-28(24)38-29/h2-11,13-14,16-18,23,26,31H,12,15,19H2,1H3. The fraction of sp³-hybridized carbons (Fsp3) is 0.206. The van der Waals surface area contributed by atoms with Crippen molar-refractivity contribution in [2.45, 2.75) is 48.2 Å². The van der Waals surface area contributed by atoms with Crippen LogP contribution in [0.2, 0.25) is 0 Å². The fourth-order valence-corrected chi connectivity index (χ4v) is 8.06. The average Bonchev–Trinajstić information content (AvgIpc) is 3.54. The highest BCUT2D eigenvalue weighted by molar-refractivity contribution is 8.00. The minimum atomic E-state index is 0.317. The maximum Gasteiger partial charge on any atom is 0.163 e. The van der Waals surface area contributed by atoms with E-state index in [0.29, 0.717) is 17.1 Å². The van der Waals surface area contributed by atoms with Crippen LogP contribution in [-0.4, -0.2) is 20.2 Å². The summed E-state index contributed by atoms with van der Waals surface area (Å²) in [4.78, 5) is 16.7. The van der Waals surface area contributed by atoms with Gasteiger partial charge in [-0.1, -0.05) is 66.2 Å². The molecule has 0 radical (unpaired) electrons. The zero-order chi connectivity index (χ0) is 25.9. The van der Waals surface area contributed by atoms with Gasteiger partial charge in [0.1, 0.15) is 17.0 Å². The first-order chi connectivity index (χ1) is 19.2. The SMILES string of the molecule is Cc1ccc2c(c1)SC1CC(c3nc(-c4ccccc4)nc(-c4ccc5oc6ccccc6c5c4)n3)CCC21. The number of rotatable bonds is 3. The first kappa shape index (κ1) is 23.0. The largest absolute Gasteiger partial charge is 0.456 e. The van der Waals surface area contributed by atoms with Gasteiger partial charge < -0.3 is 4.42 Å². The third kappa shape index (κ3) is 3.95. The molecule has 0 bridgehead atoms. The van der Waals surface area contributed by atoms with Gasteiger partial charge >= 0.3 is 0 Å². The quantitative estimate of drug-likeness (QED) is 0.231. The van der Waals surface area contributed by atoms with Crippen molar-refractivity contribution in [1.29, 1.82) is 0 Å². The lowest BCUT2D eigenvalue weighted by molar-refractivity contribution is 0.399. The van der Waals surface area contributed by atoms with Crippen LogP contribution < -0.4 is 0 Å². The molecule has 1 aliphatic carbocycles. The number of hydrogen-bond donors (Lipinski definition) is 0. The first-order valence-corrected chi connectivity index (χ1v) is 14.6. The highest BCUT2D eigenvalue weighted by Gasteiger charge is 2.39. The van der Waals surface area contributed by atoms with E-state index in [0.717, 1.165) is 63.4 Å². The van der Waals surface area contributed by atoms with Crippen LogP contribution in [0.1, 0.15) is 48.0 Å². The highest BCUT2D eigenvalue weighted by Crippen LogP contribution is 2.54. The van der Waals surface area contributed by atoms with Gasteiger partial charge in [0.15, 0.2) is 11.6 Å². The number of thioether (sulfide) groups is 1. The predicted molar refractivity (Wildman–Crippen MR) is 158 cm³/mol. The van der Waals surface area contributed by atoms with Crippen molar-refractivity contribution in [2.24, 2.45) is 0 Å². The number of hydrogen-bond acceptors (Lipinski definition) is 5. The number of benzene rings is 4. The molecule has 1 fully saturated rings.